The van der Waals surface area contributed by atoms with E-state index in [2.05, 4.69) is 32.2 Å². The Morgan fingerprint density at radius 2 is 2.41 bits per heavy atom. The molecule has 0 bridgehead atoms. The number of piperazine rings is 1. The lowest BCUT2D eigenvalue weighted by Crippen LogP contribution is -2.52. The molecular weight excluding hydrogens is 232 g/mol. The SMILES string of the molecule is CCc1cc(C(=O)N2CCNC[C@@H]2C)sc1C. The first kappa shape index (κ1) is 12.6. The molecule has 1 atom stereocenters. The van der Waals surface area contributed by atoms with E-state index in [0.29, 0.717) is 6.04 Å². The van der Waals surface area contributed by atoms with Crippen LogP contribution in [0.5, 0.6) is 0 Å². The van der Waals surface area contributed by atoms with E-state index in [-0.39, 0.29) is 5.91 Å². The van der Waals surface area contributed by atoms with Crippen LogP contribution in [0.2, 0.25) is 0 Å². The zero-order valence-electron chi connectivity index (χ0n) is 10.7. The number of rotatable bonds is 2. The fraction of sp³-hybridized carbons (Fsp3) is 0.615. The molecule has 0 spiro atoms. The summed E-state index contributed by atoms with van der Waals surface area (Å²) in [5, 5.41) is 3.31. The van der Waals surface area contributed by atoms with Gasteiger partial charge in [-0.2, -0.15) is 0 Å². The van der Waals surface area contributed by atoms with E-state index < -0.39 is 0 Å². The number of carbonyl (C=O) groups excluding carboxylic acids is 1. The lowest BCUT2D eigenvalue weighted by atomic mass is 10.1. The Hall–Kier alpha value is -0.870. The fourth-order valence-electron chi connectivity index (χ4n) is 2.26. The fourth-order valence-corrected chi connectivity index (χ4v) is 3.33. The molecule has 1 aliphatic heterocycles. The lowest BCUT2D eigenvalue weighted by molar-refractivity contribution is 0.0661. The Morgan fingerprint density at radius 3 is 3.00 bits per heavy atom. The van der Waals surface area contributed by atoms with Crippen LogP contribution in [0, 0.1) is 6.92 Å². The average Bonchev–Trinajstić information content (AvgIpc) is 2.70. The molecule has 94 valence electrons. The summed E-state index contributed by atoms with van der Waals surface area (Å²) in [7, 11) is 0. The quantitative estimate of drug-likeness (QED) is 0.873. The van der Waals surface area contributed by atoms with E-state index >= 15 is 0 Å². The second-order valence-corrected chi connectivity index (χ2v) is 5.85. The van der Waals surface area contributed by atoms with Crippen molar-refractivity contribution in [3.8, 4) is 0 Å². The minimum absolute atomic E-state index is 0.201. The van der Waals surface area contributed by atoms with E-state index in [0.717, 1.165) is 30.9 Å². The molecule has 0 saturated carbocycles. The topological polar surface area (TPSA) is 32.3 Å². The van der Waals surface area contributed by atoms with Gasteiger partial charge in [0.1, 0.15) is 0 Å². The van der Waals surface area contributed by atoms with Crippen molar-refractivity contribution >= 4 is 17.2 Å². The first-order valence-corrected chi connectivity index (χ1v) is 7.06. The van der Waals surface area contributed by atoms with Crippen LogP contribution in [0.1, 0.15) is 34.0 Å². The summed E-state index contributed by atoms with van der Waals surface area (Å²) in [5.41, 5.74) is 1.31. The van der Waals surface area contributed by atoms with Crippen molar-refractivity contribution < 1.29 is 4.79 Å². The Bertz CT molecular complexity index is 414. The molecular formula is C13H20N2OS. The van der Waals surface area contributed by atoms with Crippen molar-refractivity contribution in [2.24, 2.45) is 0 Å². The summed E-state index contributed by atoms with van der Waals surface area (Å²) >= 11 is 1.63. The monoisotopic (exact) mass is 252 g/mol. The molecule has 1 amide bonds. The largest absolute Gasteiger partial charge is 0.333 e. The Balaban J connectivity index is 2.17. The van der Waals surface area contributed by atoms with Gasteiger partial charge in [-0.05, 0) is 31.9 Å². The molecule has 1 saturated heterocycles. The van der Waals surface area contributed by atoms with Crippen LogP contribution in [-0.4, -0.2) is 36.5 Å². The molecule has 1 N–H and O–H groups in total. The molecule has 4 heteroatoms. The summed E-state index contributed by atoms with van der Waals surface area (Å²) in [6.07, 6.45) is 1.01. The van der Waals surface area contributed by atoms with Crippen LogP contribution in [0.4, 0.5) is 0 Å². The Morgan fingerprint density at radius 1 is 1.65 bits per heavy atom. The number of nitrogens with one attached hydrogen (secondary N) is 1. The van der Waals surface area contributed by atoms with Crippen LogP contribution in [0.25, 0.3) is 0 Å². The molecule has 0 radical (unpaired) electrons. The van der Waals surface area contributed by atoms with E-state index in [1.54, 1.807) is 11.3 Å². The first-order valence-electron chi connectivity index (χ1n) is 6.24. The van der Waals surface area contributed by atoms with Gasteiger partial charge in [-0.3, -0.25) is 4.79 Å². The van der Waals surface area contributed by atoms with Gasteiger partial charge in [-0.1, -0.05) is 6.92 Å². The molecule has 1 aromatic heterocycles. The maximum atomic E-state index is 12.4. The van der Waals surface area contributed by atoms with Crippen LogP contribution in [0.3, 0.4) is 0 Å². The normalized spacial score (nSPS) is 20.6. The highest BCUT2D eigenvalue weighted by molar-refractivity contribution is 7.14. The lowest BCUT2D eigenvalue weighted by Gasteiger charge is -2.33. The molecule has 0 unspecified atom stereocenters. The number of carbonyl (C=O) groups is 1. The van der Waals surface area contributed by atoms with Gasteiger partial charge in [0.2, 0.25) is 0 Å². The third-order valence-electron chi connectivity index (χ3n) is 3.37. The van der Waals surface area contributed by atoms with Crippen molar-refractivity contribution in [2.45, 2.75) is 33.2 Å². The number of hydrogen-bond donors (Lipinski definition) is 1. The maximum absolute atomic E-state index is 12.4. The van der Waals surface area contributed by atoms with Gasteiger partial charge in [0.25, 0.3) is 5.91 Å². The zero-order chi connectivity index (χ0) is 12.4. The molecule has 17 heavy (non-hydrogen) atoms. The minimum atomic E-state index is 0.201. The smallest absolute Gasteiger partial charge is 0.264 e. The zero-order valence-corrected chi connectivity index (χ0v) is 11.6. The summed E-state index contributed by atoms with van der Waals surface area (Å²) in [5.74, 6) is 0.201. The van der Waals surface area contributed by atoms with Crippen molar-refractivity contribution in [2.75, 3.05) is 19.6 Å². The number of hydrogen-bond acceptors (Lipinski definition) is 3. The maximum Gasteiger partial charge on any atom is 0.264 e. The number of thiophene rings is 1. The van der Waals surface area contributed by atoms with Gasteiger partial charge >= 0.3 is 0 Å². The Labute approximate surface area is 107 Å². The molecule has 0 aromatic carbocycles. The predicted molar refractivity (Wildman–Crippen MR) is 71.8 cm³/mol. The highest BCUT2D eigenvalue weighted by Crippen LogP contribution is 2.24. The number of amides is 1. The van der Waals surface area contributed by atoms with Crippen molar-refractivity contribution in [3.05, 3.63) is 21.4 Å². The molecule has 1 fully saturated rings. The molecule has 1 aromatic rings. The average molecular weight is 252 g/mol. The van der Waals surface area contributed by atoms with Gasteiger partial charge in [0, 0.05) is 30.6 Å². The molecule has 2 heterocycles. The minimum Gasteiger partial charge on any atom is -0.333 e. The van der Waals surface area contributed by atoms with Crippen LogP contribution in [0.15, 0.2) is 6.07 Å². The van der Waals surface area contributed by atoms with Crippen molar-refractivity contribution in [1.29, 1.82) is 0 Å². The molecule has 3 nitrogen and oxygen atoms in total. The third-order valence-corrected chi connectivity index (χ3v) is 4.46. The predicted octanol–water partition coefficient (Wildman–Crippen LogP) is 2.05. The summed E-state index contributed by atoms with van der Waals surface area (Å²) < 4.78 is 0. The summed E-state index contributed by atoms with van der Waals surface area (Å²) in [6, 6.07) is 2.36. The van der Waals surface area contributed by atoms with Gasteiger partial charge in [0.05, 0.1) is 4.88 Å². The van der Waals surface area contributed by atoms with Gasteiger partial charge in [-0.15, -0.1) is 11.3 Å². The van der Waals surface area contributed by atoms with E-state index in [1.165, 1.54) is 10.4 Å². The van der Waals surface area contributed by atoms with Crippen molar-refractivity contribution in [1.82, 2.24) is 10.2 Å². The van der Waals surface area contributed by atoms with E-state index in [4.69, 9.17) is 0 Å². The molecule has 0 aliphatic carbocycles. The second kappa shape index (κ2) is 5.19. The standard InChI is InChI=1S/C13H20N2OS/c1-4-11-7-12(17-10(11)3)13(16)15-6-5-14-8-9(15)2/h7,9,14H,4-6,8H2,1-3H3/t9-/m0/s1. The second-order valence-electron chi connectivity index (χ2n) is 4.60. The number of aryl methyl sites for hydroxylation is 2. The highest BCUT2D eigenvalue weighted by atomic mass is 32.1. The van der Waals surface area contributed by atoms with Gasteiger partial charge in [0.15, 0.2) is 0 Å². The van der Waals surface area contributed by atoms with Crippen LogP contribution < -0.4 is 5.32 Å². The summed E-state index contributed by atoms with van der Waals surface area (Å²) in [6.45, 7) is 8.96. The van der Waals surface area contributed by atoms with E-state index in [1.807, 2.05) is 4.90 Å². The highest BCUT2D eigenvalue weighted by Gasteiger charge is 2.25. The molecule has 1 aliphatic rings. The van der Waals surface area contributed by atoms with E-state index in [9.17, 15) is 4.79 Å². The van der Waals surface area contributed by atoms with Gasteiger partial charge < -0.3 is 10.2 Å². The third kappa shape index (κ3) is 2.53. The Kier molecular flexibility index (Phi) is 3.84. The first-order chi connectivity index (χ1) is 8.13. The van der Waals surface area contributed by atoms with Crippen LogP contribution >= 0.6 is 11.3 Å². The number of nitrogens with zero attached hydrogens (tertiary/aromatic N) is 1. The van der Waals surface area contributed by atoms with Crippen molar-refractivity contribution in [3.63, 3.8) is 0 Å². The molecule has 2 rings (SSSR count). The van der Waals surface area contributed by atoms with Gasteiger partial charge in [-0.25, -0.2) is 0 Å². The summed E-state index contributed by atoms with van der Waals surface area (Å²) in [4.78, 5) is 16.6. The van der Waals surface area contributed by atoms with Crippen LogP contribution in [-0.2, 0) is 6.42 Å².